The fraction of sp³-hybridized carbons (Fsp3) is 0.400. The lowest BCUT2D eigenvalue weighted by molar-refractivity contribution is -0.386. The van der Waals surface area contributed by atoms with E-state index in [1.807, 2.05) is 0 Å². The van der Waals surface area contributed by atoms with Crippen molar-refractivity contribution in [3.8, 4) is 5.75 Å². The minimum atomic E-state index is -0.580. The summed E-state index contributed by atoms with van der Waals surface area (Å²) in [6, 6.07) is 4.50. The molecular weight excluding hydrogens is 198 g/mol. The third-order valence-electron chi connectivity index (χ3n) is 2.14. The number of benzene rings is 1. The third-order valence-corrected chi connectivity index (χ3v) is 2.14. The number of hydrogen-bond donors (Lipinski definition) is 2. The summed E-state index contributed by atoms with van der Waals surface area (Å²) in [5.74, 6) is -0.304. The van der Waals surface area contributed by atoms with Crippen molar-refractivity contribution < 1.29 is 15.1 Å². The van der Waals surface area contributed by atoms with E-state index in [-0.39, 0.29) is 18.0 Å². The maximum Gasteiger partial charge on any atom is 0.313 e. The molecule has 5 heteroatoms. The zero-order valence-electron chi connectivity index (χ0n) is 8.22. The Morgan fingerprint density at radius 1 is 1.33 bits per heavy atom. The third kappa shape index (κ3) is 2.92. The number of phenolic OH excluding ortho intramolecular Hbond substituents is 1. The first-order valence-corrected chi connectivity index (χ1v) is 4.73. The molecule has 82 valence electrons. The van der Waals surface area contributed by atoms with E-state index in [4.69, 9.17) is 5.11 Å². The summed E-state index contributed by atoms with van der Waals surface area (Å²) < 4.78 is 0. The van der Waals surface area contributed by atoms with E-state index < -0.39 is 4.92 Å². The van der Waals surface area contributed by atoms with Gasteiger partial charge in [-0.05, 0) is 25.3 Å². The molecule has 15 heavy (non-hydrogen) atoms. The highest BCUT2D eigenvalue weighted by atomic mass is 16.6. The van der Waals surface area contributed by atoms with Gasteiger partial charge in [0.2, 0.25) is 0 Å². The van der Waals surface area contributed by atoms with Crippen LogP contribution in [0.15, 0.2) is 18.2 Å². The first kappa shape index (κ1) is 11.5. The molecular formula is C10H13NO4. The summed E-state index contributed by atoms with van der Waals surface area (Å²) in [5.41, 5.74) is 0.281. The van der Waals surface area contributed by atoms with Crippen molar-refractivity contribution in [2.45, 2.75) is 19.3 Å². The number of hydrogen-bond acceptors (Lipinski definition) is 4. The van der Waals surface area contributed by atoms with E-state index in [9.17, 15) is 15.2 Å². The van der Waals surface area contributed by atoms with Gasteiger partial charge in [0.1, 0.15) is 0 Å². The van der Waals surface area contributed by atoms with Crippen LogP contribution in [0.2, 0.25) is 0 Å². The average molecular weight is 211 g/mol. The highest BCUT2D eigenvalue weighted by Crippen LogP contribution is 2.30. The van der Waals surface area contributed by atoms with Crippen molar-refractivity contribution in [1.29, 1.82) is 0 Å². The minimum Gasteiger partial charge on any atom is -0.502 e. The second kappa shape index (κ2) is 5.31. The van der Waals surface area contributed by atoms with Crippen LogP contribution < -0.4 is 0 Å². The second-order valence-electron chi connectivity index (χ2n) is 3.22. The average Bonchev–Trinajstić information content (AvgIpc) is 2.17. The van der Waals surface area contributed by atoms with Gasteiger partial charge in [-0.15, -0.1) is 0 Å². The monoisotopic (exact) mass is 211 g/mol. The Hall–Kier alpha value is -1.62. The summed E-state index contributed by atoms with van der Waals surface area (Å²) in [6.07, 6.45) is 1.76. The van der Waals surface area contributed by atoms with Gasteiger partial charge in [-0.2, -0.15) is 0 Å². The zero-order valence-corrected chi connectivity index (χ0v) is 8.22. The molecule has 0 unspecified atom stereocenters. The van der Waals surface area contributed by atoms with Crippen molar-refractivity contribution in [2.75, 3.05) is 6.61 Å². The van der Waals surface area contributed by atoms with E-state index in [2.05, 4.69) is 0 Å². The molecule has 1 aromatic rings. The first-order chi connectivity index (χ1) is 7.16. The molecule has 5 nitrogen and oxygen atoms in total. The topological polar surface area (TPSA) is 83.6 Å². The Bertz CT molecular complexity index is 351. The maximum atomic E-state index is 10.7. The largest absolute Gasteiger partial charge is 0.502 e. The number of nitro groups is 1. The molecule has 0 bridgehead atoms. The molecule has 0 saturated heterocycles. The normalized spacial score (nSPS) is 10.2. The Balaban J connectivity index is 2.86. The quantitative estimate of drug-likeness (QED) is 0.440. The lowest BCUT2D eigenvalue weighted by Gasteiger charge is -2.03. The molecule has 0 heterocycles. The number of nitro benzene ring substituents is 1. The molecule has 0 atom stereocenters. The lowest BCUT2D eigenvalue weighted by Crippen LogP contribution is -1.96. The molecule has 2 N–H and O–H groups in total. The SMILES string of the molecule is O=[N+]([O-])c1c(O)cccc1CCCCO. The molecule has 0 aliphatic heterocycles. The highest BCUT2D eigenvalue weighted by Gasteiger charge is 2.18. The number of nitrogens with zero attached hydrogens (tertiary/aromatic N) is 1. The van der Waals surface area contributed by atoms with Crippen molar-refractivity contribution in [1.82, 2.24) is 0 Å². The summed E-state index contributed by atoms with van der Waals surface area (Å²) in [7, 11) is 0. The Morgan fingerprint density at radius 2 is 2.07 bits per heavy atom. The predicted molar refractivity (Wildman–Crippen MR) is 54.8 cm³/mol. The van der Waals surface area contributed by atoms with Gasteiger partial charge in [-0.25, -0.2) is 0 Å². The number of aliphatic hydroxyl groups excluding tert-OH is 1. The lowest BCUT2D eigenvalue weighted by atomic mass is 10.1. The molecule has 0 spiro atoms. The fourth-order valence-electron chi connectivity index (χ4n) is 1.42. The van der Waals surface area contributed by atoms with Crippen LogP contribution in [-0.2, 0) is 6.42 Å². The minimum absolute atomic E-state index is 0.0760. The van der Waals surface area contributed by atoms with Gasteiger partial charge in [-0.3, -0.25) is 10.1 Å². The number of aromatic hydroxyl groups is 1. The van der Waals surface area contributed by atoms with E-state index in [0.29, 0.717) is 24.8 Å². The second-order valence-corrected chi connectivity index (χ2v) is 3.22. The number of para-hydroxylation sites is 1. The van der Waals surface area contributed by atoms with Gasteiger partial charge in [0.25, 0.3) is 0 Å². The molecule has 0 aromatic heterocycles. The summed E-state index contributed by atoms with van der Waals surface area (Å²) in [5, 5.41) is 28.6. The molecule has 0 amide bonds. The van der Waals surface area contributed by atoms with E-state index >= 15 is 0 Å². The van der Waals surface area contributed by atoms with Gasteiger partial charge in [0.15, 0.2) is 5.75 Å². The summed E-state index contributed by atoms with van der Waals surface area (Å²) >= 11 is 0. The van der Waals surface area contributed by atoms with Gasteiger partial charge >= 0.3 is 5.69 Å². The van der Waals surface area contributed by atoms with Crippen LogP contribution in [0.4, 0.5) is 5.69 Å². The number of aryl methyl sites for hydroxylation is 1. The Kier molecular flexibility index (Phi) is 4.05. The van der Waals surface area contributed by atoms with Crippen LogP contribution in [0.1, 0.15) is 18.4 Å². The van der Waals surface area contributed by atoms with E-state index in [0.717, 1.165) is 0 Å². The maximum absolute atomic E-state index is 10.7. The van der Waals surface area contributed by atoms with Crippen LogP contribution >= 0.6 is 0 Å². The van der Waals surface area contributed by atoms with Gasteiger partial charge in [0, 0.05) is 12.2 Å². The predicted octanol–water partition coefficient (Wildman–Crippen LogP) is 1.62. The van der Waals surface area contributed by atoms with E-state index in [1.165, 1.54) is 6.07 Å². The Morgan fingerprint density at radius 3 is 2.67 bits per heavy atom. The van der Waals surface area contributed by atoms with Crippen molar-refractivity contribution in [3.63, 3.8) is 0 Å². The molecule has 0 radical (unpaired) electrons. The molecule has 0 aliphatic rings. The van der Waals surface area contributed by atoms with Crippen molar-refractivity contribution >= 4 is 5.69 Å². The molecule has 1 aromatic carbocycles. The smallest absolute Gasteiger partial charge is 0.313 e. The number of unbranched alkanes of at least 4 members (excludes halogenated alkanes) is 1. The van der Waals surface area contributed by atoms with Crippen molar-refractivity contribution in [2.24, 2.45) is 0 Å². The Labute approximate surface area is 87.1 Å². The number of rotatable bonds is 5. The number of phenols is 1. The zero-order chi connectivity index (χ0) is 11.3. The molecule has 0 aliphatic carbocycles. The van der Waals surface area contributed by atoms with Crippen LogP contribution in [0.3, 0.4) is 0 Å². The highest BCUT2D eigenvalue weighted by molar-refractivity contribution is 5.51. The van der Waals surface area contributed by atoms with Crippen LogP contribution in [0.5, 0.6) is 5.75 Å². The van der Waals surface area contributed by atoms with Crippen LogP contribution in [0.25, 0.3) is 0 Å². The molecule has 1 rings (SSSR count). The number of aliphatic hydroxyl groups is 1. The van der Waals surface area contributed by atoms with E-state index in [1.54, 1.807) is 12.1 Å². The summed E-state index contributed by atoms with van der Waals surface area (Å²) in [6.45, 7) is 0.0760. The molecule has 0 fully saturated rings. The van der Waals surface area contributed by atoms with Crippen LogP contribution in [-0.4, -0.2) is 21.7 Å². The molecule has 0 saturated carbocycles. The summed E-state index contributed by atoms with van der Waals surface area (Å²) in [4.78, 5) is 10.1. The van der Waals surface area contributed by atoms with Gasteiger partial charge in [-0.1, -0.05) is 12.1 Å². The van der Waals surface area contributed by atoms with Crippen LogP contribution in [0, 0.1) is 10.1 Å². The first-order valence-electron chi connectivity index (χ1n) is 4.73. The van der Waals surface area contributed by atoms with Gasteiger partial charge < -0.3 is 10.2 Å². The van der Waals surface area contributed by atoms with Gasteiger partial charge in [0.05, 0.1) is 4.92 Å². The standard InChI is InChI=1S/C10H13NO4/c12-7-2-1-4-8-5-3-6-9(13)10(8)11(14)15/h3,5-6,12-13H,1-2,4,7H2. The fourth-order valence-corrected chi connectivity index (χ4v) is 1.42. The van der Waals surface area contributed by atoms with Crippen molar-refractivity contribution in [3.05, 3.63) is 33.9 Å².